The van der Waals surface area contributed by atoms with Crippen LogP contribution in [0.2, 0.25) is 0 Å². The number of anilines is 1. The van der Waals surface area contributed by atoms with Crippen LogP contribution in [0.1, 0.15) is 17.8 Å². The summed E-state index contributed by atoms with van der Waals surface area (Å²) in [6.45, 7) is 9.38. The zero-order chi connectivity index (χ0) is 17.7. The third kappa shape index (κ3) is 4.78. The molecular formula is C16H28N6O2. The number of rotatable bonds is 5. The van der Waals surface area contributed by atoms with Crippen LogP contribution in [0.5, 0.6) is 0 Å². The molecule has 1 aliphatic rings. The molecule has 2 N–H and O–H groups in total. The molecule has 0 bridgehead atoms. The monoisotopic (exact) mass is 336 g/mol. The van der Waals surface area contributed by atoms with E-state index in [9.17, 15) is 9.59 Å². The predicted molar refractivity (Wildman–Crippen MR) is 92.9 cm³/mol. The standard InChI is InChI=1S/C16H28N6O2/c1-12-14(13(2)21(4)19-12)18-16(24)15(23)17-6-5-7-22-10-8-20(3)9-11-22/h5-11H2,1-4H3,(H,17,23)(H,18,24). The summed E-state index contributed by atoms with van der Waals surface area (Å²) in [5.74, 6) is -1.25. The molecule has 0 unspecified atom stereocenters. The summed E-state index contributed by atoms with van der Waals surface area (Å²) in [5.41, 5.74) is 2.13. The average Bonchev–Trinajstić information content (AvgIpc) is 2.79. The van der Waals surface area contributed by atoms with Gasteiger partial charge in [-0.15, -0.1) is 0 Å². The Bertz CT molecular complexity index is 590. The smallest absolute Gasteiger partial charge is 0.313 e. The minimum atomic E-state index is -0.645. The van der Waals surface area contributed by atoms with E-state index >= 15 is 0 Å². The first-order chi connectivity index (χ1) is 11.4. The molecule has 24 heavy (non-hydrogen) atoms. The Kier molecular flexibility index (Phi) is 6.33. The van der Waals surface area contributed by atoms with Gasteiger partial charge in [0.15, 0.2) is 0 Å². The molecule has 0 aromatic carbocycles. The van der Waals surface area contributed by atoms with Crippen molar-refractivity contribution in [2.75, 3.05) is 51.6 Å². The number of carbonyl (C=O) groups excluding carboxylic acids is 2. The Labute approximate surface area is 143 Å². The maximum absolute atomic E-state index is 12.0. The van der Waals surface area contributed by atoms with Gasteiger partial charge in [0, 0.05) is 39.8 Å². The van der Waals surface area contributed by atoms with Gasteiger partial charge in [-0.1, -0.05) is 0 Å². The van der Waals surface area contributed by atoms with Crippen LogP contribution in [0, 0.1) is 13.8 Å². The van der Waals surface area contributed by atoms with Gasteiger partial charge in [-0.05, 0) is 33.9 Å². The van der Waals surface area contributed by atoms with Crippen LogP contribution in [0.15, 0.2) is 0 Å². The molecule has 0 aliphatic carbocycles. The Hall–Kier alpha value is -1.93. The average molecular weight is 336 g/mol. The van der Waals surface area contributed by atoms with Gasteiger partial charge in [0.05, 0.1) is 17.1 Å². The van der Waals surface area contributed by atoms with E-state index in [4.69, 9.17) is 0 Å². The van der Waals surface area contributed by atoms with Crippen molar-refractivity contribution in [1.82, 2.24) is 24.9 Å². The van der Waals surface area contributed by atoms with Crippen LogP contribution in [-0.4, -0.2) is 77.7 Å². The van der Waals surface area contributed by atoms with E-state index in [-0.39, 0.29) is 0 Å². The minimum absolute atomic E-state index is 0.504. The topological polar surface area (TPSA) is 82.5 Å². The van der Waals surface area contributed by atoms with Gasteiger partial charge in [-0.25, -0.2) is 0 Å². The van der Waals surface area contributed by atoms with Gasteiger partial charge in [-0.2, -0.15) is 5.10 Å². The number of amides is 2. The van der Waals surface area contributed by atoms with Gasteiger partial charge < -0.3 is 20.4 Å². The van der Waals surface area contributed by atoms with Crippen molar-refractivity contribution < 1.29 is 9.59 Å². The second-order valence-electron chi connectivity index (χ2n) is 6.38. The Morgan fingerprint density at radius 3 is 2.33 bits per heavy atom. The minimum Gasteiger partial charge on any atom is -0.348 e. The number of carbonyl (C=O) groups is 2. The SMILES string of the molecule is Cc1nn(C)c(C)c1NC(=O)C(=O)NCCCN1CCN(C)CC1. The molecule has 0 spiro atoms. The van der Waals surface area contributed by atoms with E-state index in [1.54, 1.807) is 18.7 Å². The first-order valence-electron chi connectivity index (χ1n) is 8.38. The van der Waals surface area contributed by atoms with Crippen molar-refractivity contribution >= 4 is 17.5 Å². The molecular weight excluding hydrogens is 308 g/mol. The summed E-state index contributed by atoms with van der Waals surface area (Å²) in [7, 11) is 3.93. The molecule has 1 aromatic rings. The highest BCUT2D eigenvalue weighted by molar-refractivity contribution is 6.39. The highest BCUT2D eigenvalue weighted by Gasteiger charge is 2.18. The molecule has 2 amide bonds. The molecule has 0 saturated carbocycles. The van der Waals surface area contributed by atoms with Crippen molar-refractivity contribution in [3.05, 3.63) is 11.4 Å². The molecule has 1 aromatic heterocycles. The lowest BCUT2D eigenvalue weighted by Crippen LogP contribution is -2.45. The molecule has 2 rings (SSSR count). The molecule has 2 heterocycles. The molecule has 0 atom stereocenters. The quantitative estimate of drug-likeness (QED) is 0.571. The molecule has 1 aliphatic heterocycles. The maximum atomic E-state index is 12.0. The first kappa shape index (κ1) is 18.4. The molecule has 134 valence electrons. The lowest BCUT2D eigenvalue weighted by molar-refractivity contribution is -0.136. The predicted octanol–water partition coefficient (Wildman–Crippen LogP) is -0.271. The Morgan fingerprint density at radius 2 is 1.75 bits per heavy atom. The largest absolute Gasteiger partial charge is 0.348 e. The van der Waals surface area contributed by atoms with E-state index in [0.717, 1.165) is 44.8 Å². The number of aryl methyl sites for hydroxylation is 2. The highest BCUT2D eigenvalue weighted by Crippen LogP contribution is 2.17. The van der Waals surface area contributed by atoms with Crippen molar-refractivity contribution in [2.24, 2.45) is 7.05 Å². The van der Waals surface area contributed by atoms with Gasteiger partial charge in [0.1, 0.15) is 0 Å². The van der Waals surface area contributed by atoms with Crippen LogP contribution in [0.25, 0.3) is 0 Å². The van der Waals surface area contributed by atoms with Crippen LogP contribution in [0.3, 0.4) is 0 Å². The van der Waals surface area contributed by atoms with Crippen molar-refractivity contribution in [3.63, 3.8) is 0 Å². The number of nitrogens with one attached hydrogen (secondary N) is 2. The number of hydrogen-bond donors (Lipinski definition) is 2. The van der Waals surface area contributed by atoms with Crippen molar-refractivity contribution in [2.45, 2.75) is 20.3 Å². The van der Waals surface area contributed by atoms with E-state index in [1.165, 1.54) is 0 Å². The maximum Gasteiger partial charge on any atom is 0.313 e. The summed E-state index contributed by atoms with van der Waals surface area (Å²) in [6.07, 6.45) is 0.841. The van der Waals surface area contributed by atoms with Crippen LogP contribution >= 0.6 is 0 Å². The lowest BCUT2D eigenvalue weighted by Gasteiger charge is -2.32. The van der Waals surface area contributed by atoms with E-state index in [0.29, 0.717) is 17.9 Å². The van der Waals surface area contributed by atoms with Crippen LogP contribution < -0.4 is 10.6 Å². The first-order valence-corrected chi connectivity index (χ1v) is 8.38. The Morgan fingerprint density at radius 1 is 1.08 bits per heavy atom. The molecule has 1 fully saturated rings. The van der Waals surface area contributed by atoms with E-state index in [2.05, 4.69) is 32.6 Å². The summed E-state index contributed by atoms with van der Waals surface area (Å²) in [6, 6.07) is 0. The molecule has 0 radical (unpaired) electrons. The second-order valence-corrected chi connectivity index (χ2v) is 6.38. The summed E-state index contributed by atoms with van der Waals surface area (Å²) in [5, 5.41) is 9.54. The summed E-state index contributed by atoms with van der Waals surface area (Å²) in [4.78, 5) is 28.6. The third-order valence-electron chi connectivity index (χ3n) is 4.49. The van der Waals surface area contributed by atoms with E-state index in [1.807, 2.05) is 6.92 Å². The summed E-state index contributed by atoms with van der Waals surface area (Å²) >= 11 is 0. The zero-order valence-electron chi connectivity index (χ0n) is 15.1. The van der Waals surface area contributed by atoms with E-state index < -0.39 is 11.8 Å². The number of aromatic nitrogens is 2. The molecule has 8 nitrogen and oxygen atoms in total. The van der Waals surface area contributed by atoms with Crippen LogP contribution in [0.4, 0.5) is 5.69 Å². The third-order valence-corrected chi connectivity index (χ3v) is 4.49. The zero-order valence-corrected chi connectivity index (χ0v) is 15.1. The fraction of sp³-hybridized carbons (Fsp3) is 0.688. The fourth-order valence-corrected chi connectivity index (χ4v) is 2.78. The number of nitrogens with zero attached hydrogens (tertiary/aromatic N) is 4. The second kappa shape index (κ2) is 8.25. The van der Waals surface area contributed by atoms with Gasteiger partial charge in [0.2, 0.25) is 0 Å². The summed E-state index contributed by atoms with van der Waals surface area (Å²) < 4.78 is 1.68. The normalized spacial score (nSPS) is 16.2. The van der Waals surface area contributed by atoms with Crippen LogP contribution in [-0.2, 0) is 16.6 Å². The lowest BCUT2D eigenvalue weighted by atomic mass is 10.3. The van der Waals surface area contributed by atoms with Gasteiger partial charge >= 0.3 is 11.8 Å². The van der Waals surface area contributed by atoms with Crippen molar-refractivity contribution in [1.29, 1.82) is 0 Å². The highest BCUT2D eigenvalue weighted by atomic mass is 16.2. The fourth-order valence-electron chi connectivity index (χ4n) is 2.78. The number of piperazine rings is 1. The van der Waals surface area contributed by atoms with Gasteiger partial charge in [-0.3, -0.25) is 14.3 Å². The number of likely N-dealkylation sites (N-methyl/N-ethyl adjacent to an activating group) is 1. The molecule has 8 heteroatoms. The van der Waals surface area contributed by atoms with Gasteiger partial charge in [0.25, 0.3) is 0 Å². The molecule has 1 saturated heterocycles. The van der Waals surface area contributed by atoms with Crippen molar-refractivity contribution in [3.8, 4) is 0 Å². The number of hydrogen-bond acceptors (Lipinski definition) is 5. The Balaban J connectivity index is 1.69.